The maximum Gasteiger partial charge on any atom is 0.407 e. The topological polar surface area (TPSA) is 114 Å². The summed E-state index contributed by atoms with van der Waals surface area (Å²) < 4.78 is 33.2. The van der Waals surface area contributed by atoms with Gasteiger partial charge in [0.25, 0.3) is 0 Å². The molecule has 2 amide bonds. The maximum atomic E-state index is 14.9. The van der Waals surface area contributed by atoms with E-state index in [-0.39, 0.29) is 35.2 Å². The highest BCUT2D eigenvalue weighted by Crippen LogP contribution is 2.50. The Morgan fingerprint density at radius 2 is 1.76 bits per heavy atom. The van der Waals surface area contributed by atoms with Crippen LogP contribution in [0.15, 0.2) is 42.5 Å². The van der Waals surface area contributed by atoms with Gasteiger partial charge in [0.15, 0.2) is 0 Å². The van der Waals surface area contributed by atoms with Gasteiger partial charge < -0.3 is 30.3 Å². The lowest BCUT2D eigenvalue weighted by Crippen LogP contribution is -2.58. The van der Waals surface area contributed by atoms with Crippen molar-refractivity contribution in [2.75, 3.05) is 64.4 Å². The Hall–Kier alpha value is -3.77. The van der Waals surface area contributed by atoms with E-state index >= 15 is 0 Å². The number of hydrogen-bond donors (Lipinski definition) is 3. The standard InChI is InChI=1S/C37H49F2N5O5/c1-24(45)40-23-37(28-5-3-6-29(38)16-28,33-7-4-8-34(33)41-36(48)49-2)27-11-13-42(14-12-27)17-25-18-44(19-25)31-9-10-32(35(46)47)26(15-31)20-43-21-30(39)22-43/h3,5-6,9-10,15-16,25,27,30,33-34H,4,7-8,11-14,17-23H2,1-2H3,(H,40,45)(H,41,48)(H,46,47)/t33-,34-,37-/m0/s1. The lowest BCUT2D eigenvalue weighted by molar-refractivity contribution is -0.119. The molecule has 3 N–H and O–H groups in total. The first-order chi connectivity index (χ1) is 23.5. The highest BCUT2D eigenvalue weighted by atomic mass is 19.1. The summed E-state index contributed by atoms with van der Waals surface area (Å²) in [5.41, 5.74) is 2.27. The molecule has 2 aromatic carbocycles. The van der Waals surface area contributed by atoms with Crippen LogP contribution in [0.1, 0.15) is 60.5 Å². The zero-order chi connectivity index (χ0) is 34.7. The number of methoxy groups -OCH3 is 1. The number of carbonyl (C=O) groups is 3. The van der Waals surface area contributed by atoms with Gasteiger partial charge in [-0.1, -0.05) is 18.6 Å². The number of rotatable bonds is 12. The number of carbonyl (C=O) groups excluding carboxylic acids is 2. The van der Waals surface area contributed by atoms with Crippen molar-refractivity contribution < 1.29 is 33.0 Å². The van der Waals surface area contributed by atoms with Crippen LogP contribution in [0.3, 0.4) is 0 Å². The Labute approximate surface area is 287 Å². The number of likely N-dealkylation sites (tertiary alicyclic amines) is 2. The van der Waals surface area contributed by atoms with Crippen LogP contribution in [0.4, 0.5) is 19.3 Å². The highest BCUT2D eigenvalue weighted by Gasteiger charge is 2.52. The van der Waals surface area contributed by atoms with Crippen LogP contribution < -0.4 is 15.5 Å². The van der Waals surface area contributed by atoms with E-state index in [1.54, 1.807) is 18.2 Å². The van der Waals surface area contributed by atoms with Gasteiger partial charge in [0, 0.05) is 75.8 Å². The number of anilines is 1. The Morgan fingerprint density at radius 3 is 2.41 bits per heavy atom. The molecule has 2 aromatic rings. The van der Waals surface area contributed by atoms with Crippen molar-refractivity contribution in [2.24, 2.45) is 17.8 Å². The molecular weight excluding hydrogens is 632 g/mol. The summed E-state index contributed by atoms with van der Waals surface area (Å²) in [4.78, 5) is 43.3. The molecule has 1 saturated carbocycles. The number of nitrogens with zero attached hydrogens (tertiary/aromatic N) is 3. The minimum atomic E-state index is -0.967. The molecule has 3 atom stereocenters. The molecule has 4 aliphatic rings. The number of alkyl halides is 1. The third-order valence-corrected chi connectivity index (χ3v) is 11.4. The van der Waals surface area contributed by atoms with Gasteiger partial charge in [-0.25, -0.2) is 18.4 Å². The third kappa shape index (κ3) is 7.70. The van der Waals surface area contributed by atoms with Crippen LogP contribution in [0.2, 0.25) is 0 Å². The van der Waals surface area contributed by atoms with Gasteiger partial charge in [-0.05, 0) is 92.1 Å². The Balaban J connectivity index is 1.13. The van der Waals surface area contributed by atoms with Crippen molar-refractivity contribution >= 4 is 23.7 Å². The molecule has 0 aromatic heterocycles. The summed E-state index contributed by atoms with van der Waals surface area (Å²) in [7, 11) is 1.36. The summed E-state index contributed by atoms with van der Waals surface area (Å²) in [6, 6.07) is 12.1. The van der Waals surface area contributed by atoms with Crippen molar-refractivity contribution in [3.63, 3.8) is 0 Å². The number of ether oxygens (including phenoxy) is 1. The lowest BCUT2D eigenvalue weighted by Gasteiger charge is -2.51. The molecule has 4 fully saturated rings. The normalized spacial score (nSPS) is 23.7. The first-order valence-electron chi connectivity index (χ1n) is 17.6. The van der Waals surface area contributed by atoms with Crippen molar-refractivity contribution in [1.29, 1.82) is 0 Å². The van der Waals surface area contributed by atoms with Gasteiger partial charge in [-0.15, -0.1) is 0 Å². The number of halogens is 2. The zero-order valence-electron chi connectivity index (χ0n) is 28.5. The van der Waals surface area contributed by atoms with Crippen LogP contribution in [-0.4, -0.2) is 105 Å². The number of carboxylic acids is 1. The molecular formula is C37H49F2N5O5. The van der Waals surface area contributed by atoms with Crippen molar-refractivity contribution in [1.82, 2.24) is 20.4 Å². The number of alkyl carbamates (subject to hydrolysis) is 1. The molecule has 3 heterocycles. The summed E-state index contributed by atoms with van der Waals surface area (Å²) in [6.07, 6.45) is 3.01. The molecule has 3 aliphatic heterocycles. The fourth-order valence-corrected chi connectivity index (χ4v) is 9.02. The van der Waals surface area contributed by atoms with Gasteiger partial charge in [0.1, 0.15) is 12.0 Å². The average molecular weight is 682 g/mol. The van der Waals surface area contributed by atoms with Crippen LogP contribution in [0.5, 0.6) is 0 Å². The lowest BCUT2D eigenvalue weighted by atomic mass is 9.58. The number of piperidine rings is 1. The molecule has 1 aliphatic carbocycles. The van der Waals surface area contributed by atoms with Gasteiger partial charge in [-0.3, -0.25) is 9.69 Å². The van der Waals surface area contributed by atoms with E-state index in [1.807, 2.05) is 23.1 Å². The number of aromatic carboxylic acids is 1. The second-order valence-corrected chi connectivity index (χ2v) is 14.5. The number of nitrogens with one attached hydrogen (secondary N) is 2. The minimum absolute atomic E-state index is 0.00566. The van der Waals surface area contributed by atoms with Crippen LogP contribution in [-0.2, 0) is 21.5 Å². The molecule has 266 valence electrons. The molecule has 49 heavy (non-hydrogen) atoms. The molecule has 0 radical (unpaired) electrons. The third-order valence-electron chi connectivity index (χ3n) is 11.4. The number of hydrogen-bond acceptors (Lipinski definition) is 7. The molecule has 6 rings (SSSR count). The molecule has 12 heteroatoms. The summed E-state index contributed by atoms with van der Waals surface area (Å²) >= 11 is 0. The Morgan fingerprint density at radius 1 is 1.00 bits per heavy atom. The van der Waals surface area contributed by atoms with Gasteiger partial charge >= 0.3 is 12.1 Å². The molecule has 0 unspecified atom stereocenters. The molecule has 0 spiro atoms. The first kappa shape index (κ1) is 35.1. The quantitative estimate of drug-likeness (QED) is 0.302. The summed E-state index contributed by atoms with van der Waals surface area (Å²) in [5, 5.41) is 15.9. The van der Waals surface area contributed by atoms with Gasteiger partial charge in [-0.2, -0.15) is 0 Å². The number of carboxylic acid groups (broad SMARTS) is 1. The minimum Gasteiger partial charge on any atom is -0.478 e. The second kappa shape index (κ2) is 15.0. The predicted octanol–water partition coefficient (Wildman–Crippen LogP) is 4.42. The smallest absolute Gasteiger partial charge is 0.407 e. The van der Waals surface area contributed by atoms with Gasteiger partial charge in [0.05, 0.1) is 12.7 Å². The van der Waals surface area contributed by atoms with E-state index in [1.165, 1.54) is 20.1 Å². The van der Waals surface area contributed by atoms with Crippen molar-refractivity contribution in [3.05, 3.63) is 65.0 Å². The van der Waals surface area contributed by atoms with E-state index < -0.39 is 23.6 Å². The zero-order valence-corrected chi connectivity index (χ0v) is 28.5. The average Bonchev–Trinajstić information content (AvgIpc) is 3.50. The van der Waals surface area contributed by atoms with Gasteiger partial charge in [0.2, 0.25) is 5.91 Å². The summed E-state index contributed by atoms with van der Waals surface area (Å²) in [5.74, 6) is -0.796. The van der Waals surface area contributed by atoms with Crippen LogP contribution >= 0.6 is 0 Å². The maximum absolute atomic E-state index is 14.9. The SMILES string of the molecule is COC(=O)N[C@H]1CCC[C@@H]1[C@](CNC(C)=O)(c1cccc(F)c1)C1CCN(CC2CN(c3ccc(C(=O)O)c(CN4CC(F)C4)c3)C2)CC1. The van der Waals surface area contributed by atoms with Crippen molar-refractivity contribution in [3.8, 4) is 0 Å². The Kier molecular flexibility index (Phi) is 10.7. The first-order valence-corrected chi connectivity index (χ1v) is 17.6. The molecule has 10 nitrogen and oxygen atoms in total. The van der Waals surface area contributed by atoms with E-state index in [2.05, 4.69) is 20.4 Å². The number of benzene rings is 2. The Bertz CT molecular complexity index is 1510. The molecule has 0 bridgehead atoms. The van der Waals surface area contributed by atoms with E-state index in [0.29, 0.717) is 32.1 Å². The van der Waals surface area contributed by atoms with E-state index in [9.17, 15) is 28.3 Å². The van der Waals surface area contributed by atoms with Crippen LogP contribution in [0, 0.1) is 23.6 Å². The fourth-order valence-electron chi connectivity index (χ4n) is 9.02. The fraction of sp³-hybridized carbons (Fsp3) is 0.595. The molecule has 3 saturated heterocycles. The predicted molar refractivity (Wildman–Crippen MR) is 182 cm³/mol. The van der Waals surface area contributed by atoms with Crippen molar-refractivity contribution in [2.45, 2.75) is 63.2 Å². The monoisotopic (exact) mass is 681 g/mol. The highest BCUT2D eigenvalue weighted by molar-refractivity contribution is 5.90. The van der Waals surface area contributed by atoms with E-state index in [0.717, 1.165) is 81.6 Å². The largest absolute Gasteiger partial charge is 0.478 e. The summed E-state index contributed by atoms with van der Waals surface area (Å²) in [6.45, 7) is 7.45. The van der Waals surface area contributed by atoms with Crippen LogP contribution in [0.25, 0.3) is 0 Å². The number of amides is 2. The second-order valence-electron chi connectivity index (χ2n) is 14.5. The van der Waals surface area contributed by atoms with E-state index in [4.69, 9.17) is 4.74 Å².